The lowest BCUT2D eigenvalue weighted by molar-refractivity contribution is 0.249. The van der Waals surface area contributed by atoms with Gasteiger partial charge in [-0.05, 0) is 6.92 Å². The lowest BCUT2D eigenvalue weighted by atomic mass is 9.79. The molecule has 0 radical (unpaired) electrons. The Morgan fingerprint density at radius 2 is 2.25 bits per heavy atom. The van der Waals surface area contributed by atoms with Gasteiger partial charge in [0.15, 0.2) is 11.6 Å². The van der Waals surface area contributed by atoms with E-state index in [0.717, 1.165) is 0 Å². The first-order valence-electron chi connectivity index (χ1n) is 5.60. The van der Waals surface area contributed by atoms with Crippen LogP contribution in [0.4, 0.5) is 8.78 Å². The molecule has 20 heavy (non-hydrogen) atoms. The summed E-state index contributed by atoms with van der Waals surface area (Å²) in [5.41, 5.74) is 3.91. The van der Waals surface area contributed by atoms with Crippen LogP contribution >= 0.6 is 11.6 Å². The largest absolute Gasteiger partial charge is 0.493 e. The lowest BCUT2D eigenvalue weighted by Crippen LogP contribution is -2.41. The van der Waals surface area contributed by atoms with Crippen LogP contribution in [0, 0.1) is 23.0 Å². The van der Waals surface area contributed by atoms with Gasteiger partial charge in [-0.25, -0.2) is 4.39 Å². The van der Waals surface area contributed by atoms with Crippen molar-refractivity contribution >= 4 is 24.2 Å². The molecule has 1 aliphatic rings. The first-order chi connectivity index (χ1) is 9.28. The van der Waals surface area contributed by atoms with Crippen molar-refractivity contribution in [2.75, 3.05) is 6.61 Å². The van der Waals surface area contributed by atoms with Crippen molar-refractivity contribution in [1.29, 1.82) is 5.26 Å². The topological polar surface area (TPSA) is 88.5 Å². The second-order valence-electron chi connectivity index (χ2n) is 4.64. The Balaban J connectivity index is 2.43. The van der Waals surface area contributed by atoms with Crippen molar-refractivity contribution < 1.29 is 23.2 Å². The number of halogens is 3. The zero-order valence-electron chi connectivity index (χ0n) is 10.4. The van der Waals surface area contributed by atoms with Crippen LogP contribution < -0.4 is 15.9 Å². The summed E-state index contributed by atoms with van der Waals surface area (Å²) in [6.07, 6.45) is 0. The number of fused-ring (bicyclic) bond motifs is 1. The quantitative estimate of drug-likeness (QED) is 0.625. The maximum Gasteiger partial charge on any atom is 0.493 e. The number of nitrogens with zero attached hydrogens (tertiary/aromatic N) is 1. The van der Waals surface area contributed by atoms with Gasteiger partial charge in [-0.1, -0.05) is 11.6 Å². The van der Waals surface area contributed by atoms with E-state index in [4.69, 9.17) is 32.0 Å². The second-order valence-corrected chi connectivity index (χ2v) is 5.02. The zero-order valence-corrected chi connectivity index (χ0v) is 11.2. The fraction of sp³-hybridized carbons (Fsp3) is 0.364. The maximum atomic E-state index is 13.9. The van der Waals surface area contributed by atoms with Crippen LogP contribution in [0.1, 0.15) is 12.5 Å². The van der Waals surface area contributed by atoms with Crippen LogP contribution in [0.2, 0.25) is 5.02 Å². The molecule has 0 aliphatic carbocycles. The molecule has 0 bridgehead atoms. The minimum Gasteiger partial charge on any atom is -0.486 e. The van der Waals surface area contributed by atoms with E-state index in [-0.39, 0.29) is 22.7 Å². The summed E-state index contributed by atoms with van der Waals surface area (Å²) < 4.78 is 37.5. The minimum absolute atomic E-state index is 0.0729. The molecule has 0 fully saturated rings. The number of hydrogen-bond acceptors (Lipinski definition) is 5. The molecule has 3 N–H and O–H groups in total. The van der Waals surface area contributed by atoms with E-state index >= 15 is 0 Å². The third-order valence-electron chi connectivity index (χ3n) is 2.82. The molecule has 1 atom stereocenters. The van der Waals surface area contributed by atoms with Crippen LogP contribution in [0.25, 0.3) is 0 Å². The summed E-state index contributed by atoms with van der Waals surface area (Å²) in [6.45, 7) is 0.682. The second kappa shape index (κ2) is 5.18. The fourth-order valence-electron chi connectivity index (χ4n) is 1.73. The molecule has 0 spiro atoms. The maximum absolute atomic E-state index is 13.9. The Kier molecular flexibility index (Phi) is 3.89. The van der Waals surface area contributed by atoms with Crippen molar-refractivity contribution in [2.24, 2.45) is 5.73 Å². The average molecular weight is 302 g/mol. The van der Waals surface area contributed by atoms with E-state index in [9.17, 15) is 13.8 Å². The summed E-state index contributed by atoms with van der Waals surface area (Å²) in [5.74, 6) is -3.11. The zero-order chi connectivity index (χ0) is 15.1. The Hall–Kier alpha value is -1.40. The summed E-state index contributed by atoms with van der Waals surface area (Å²) in [6, 6.07) is 1.75. The molecule has 0 saturated heterocycles. The molecule has 0 saturated carbocycles. The van der Waals surface area contributed by atoms with Crippen molar-refractivity contribution in [3.63, 3.8) is 0 Å². The lowest BCUT2D eigenvalue weighted by Gasteiger charge is -2.18. The smallest absolute Gasteiger partial charge is 0.486 e. The number of rotatable bonds is 3. The molecular formula is C11H10BClF2N2O3. The molecule has 5 nitrogen and oxygen atoms in total. The van der Waals surface area contributed by atoms with Crippen LogP contribution in [-0.4, -0.2) is 24.3 Å². The fourth-order valence-corrected chi connectivity index (χ4v) is 2.07. The molecule has 1 unspecified atom stereocenters. The number of nitriles is 1. The highest BCUT2D eigenvalue weighted by atomic mass is 35.5. The molecule has 106 valence electrons. The Morgan fingerprint density at radius 3 is 2.85 bits per heavy atom. The van der Waals surface area contributed by atoms with E-state index in [1.807, 2.05) is 0 Å². The van der Waals surface area contributed by atoms with Crippen LogP contribution in [0.5, 0.6) is 5.75 Å². The predicted molar refractivity (Wildman–Crippen MR) is 67.5 cm³/mol. The number of nitrogens with two attached hydrogens (primary N) is 1. The highest BCUT2D eigenvalue weighted by Gasteiger charge is 2.37. The molecule has 9 heteroatoms. The summed E-state index contributed by atoms with van der Waals surface area (Å²) in [7, 11) is -1.45. The number of benzene rings is 1. The third-order valence-corrected chi connectivity index (χ3v) is 3.20. The molecule has 0 amide bonds. The molecule has 1 aliphatic heterocycles. The Morgan fingerprint density at radius 1 is 1.60 bits per heavy atom. The van der Waals surface area contributed by atoms with Crippen LogP contribution in [0.3, 0.4) is 0 Å². The summed E-state index contributed by atoms with van der Waals surface area (Å²) in [4.78, 5) is 0. The van der Waals surface area contributed by atoms with E-state index in [1.54, 1.807) is 6.07 Å². The van der Waals surface area contributed by atoms with Gasteiger partial charge in [-0.3, -0.25) is 0 Å². The number of hydrogen-bond donors (Lipinski definition) is 2. The SMILES string of the molecule is CC(N)(C#N)COc1c(F)c(F)c2c(c1Cl)B(O)OC2. The van der Waals surface area contributed by atoms with E-state index in [1.165, 1.54) is 6.92 Å². The molecule has 0 aromatic heterocycles. The normalized spacial score (nSPS) is 16.6. The van der Waals surface area contributed by atoms with Crippen molar-refractivity contribution in [2.45, 2.75) is 19.1 Å². The van der Waals surface area contributed by atoms with Crippen molar-refractivity contribution in [3.05, 3.63) is 22.2 Å². The van der Waals surface area contributed by atoms with Crippen molar-refractivity contribution in [1.82, 2.24) is 0 Å². The average Bonchev–Trinajstić information content (AvgIpc) is 2.78. The van der Waals surface area contributed by atoms with Gasteiger partial charge in [0.25, 0.3) is 0 Å². The Labute approximate surface area is 119 Å². The van der Waals surface area contributed by atoms with Gasteiger partial charge >= 0.3 is 7.12 Å². The van der Waals surface area contributed by atoms with Gasteiger partial charge < -0.3 is 20.1 Å². The monoisotopic (exact) mass is 302 g/mol. The van der Waals surface area contributed by atoms with Gasteiger partial charge in [-0.2, -0.15) is 9.65 Å². The van der Waals surface area contributed by atoms with E-state index in [0.29, 0.717) is 0 Å². The molecule has 2 rings (SSSR count). The third kappa shape index (κ3) is 2.45. The Bertz CT molecular complexity index is 607. The molecule has 1 aromatic rings. The van der Waals surface area contributed by atoms with Gasteiger partial charge in [-0.15, -0.1) is 0 Å². The van der Waals surface area contributed by atoms with Crippen molar-refractivity contribution in [3.8, 4) is 11.8 Å². The van der Waals surface area contributed by atoms with E-state index < -0.39 is 36.6 Å². The predicted octanol–water partition coefficient (Wildman–Crippen LogP) is 0.456. The molecule has 1 heterocycles. The van der Waals surface area contributed by atoms with Crippen LogP contribution in [-0.2, 0) is 11.3 Å². The first-order valence-corrected chi connectivity index (χ1v) is 5.98. The van der Waals surface area contributed by atoms with Gasteiger partial charge in [0.2, 0.25) is 5.82 Å². The highest BCUT2D eigenvalue weighted by Crippen LogP contribution is 2.33. The summed E-state index contributed by atoms with van der Waals surface area (Å²) in [5, 5.41) is 18.0. The van der Waals surface area contributed by atoms with Crippen LogP contribution in [0.15, 0.2) is 0 Å². The van der Waals surface area contributed by atoms with Gasteiger partial charge in [0, 0.05) is 11.0 Å². The first kappa shape index (κ1) is 15.0. The van der Waals surface area contributed by atoms with Gasteiger partial charge in [0.1, 0.15) is 12.1 Å². The molecule has 1 aromatic carbocycles. The highest BCUT2D eigenvalue weighted by molar-refractivity contribution is 6.65. The van der Waals surface area contributed by atoms with Gasteiger partial charge in [0.05, 0.1) is 17.7 Å². The standard InChI is InChI=1S/C11H10BClF2N2O3/c1-11(17,3-16)4-19-10-7(13)6-5(2-20-12(6)18)8(14)9(10)15/h18H,2,4,17H2,1H3. The number of ether oxygens (including phenoxy) is 1. The molecular weight excluding hydrogens is 292 g/mol. The summed E-state index contributed by atoms with van der Waals surface area (Å²) >= 11 is 5.90. The van der Waals surface area contributed by atoms with E-state index in [2.05, 4.69) is 0 Å². The minimum atomic E-state index is -1.45.